The zero-order valence-electron chi connectivity index (χ0n) is 12.8. The molecule has 0 saturated carbocycles. The van der Waals surface area contributed by atoms with Gasteiger partial charge in [-0.1, -0.05) is 20.3 Å². The van der Waals surface area contributed by atoms with Gasteiger partial charge in [0.2, 0.25) is 0 Å². The van der Waals surface area contributed by atoms with E-state index in [0.717, 1.165) is 17.8 Å². The van der Waals surface area contributed by atoms with Crippen LogP contribution in [0.3, 0.4) is 0 Å². The maximum absolute atomic E-state index is 10.4. The molecule has 0 radical (unpaired) electrons. The highest BCUT2D eigenvalue weighted by Crippen LogP contribution is 2.19. The minimum atomic E-state index is -0.675. The molecule has 0 spiro atoms. The summed E-state index contributed by atoms with van der Waals surface area (Å²) in [7, 11) is 0. The smallest absolute Gasteiger partial charge is 0.137 e. The number of imidazole rings is 1. The largest absolute Gasteiger partial charge is 0.389 e. The van der Waals surface area contributed by atoms with Crippen LogP contribution in [0.5, 0.6) is 0 Å². The molecule has 0 saturated heterocycles. The fraction of sp³-hybridized carbons (Fsp3) is 0.562. The first-order chi connectivity index (χ1) is 9.44. The van der Waals surface area contributed by atoms with Gasteiger partial charge in [-0.2, -0.15) is 0 Å². The first-order valence-corrected chi connectivity index (χ1v) is 7.29. The van der Waals surface area contributed by atoms with E-state index in [9.17, 15) is 5.11 Å². The average Bonchev–Trinajstić information content (AvgIpc) is 2.80. The lowest BCUT2D eigenvalue weighted by Gasteiger charge is -2.29. The third-order valence-electron chi connectivity index (χ3n) is 4.21. The zero-order chi connectivity index (χ0) is 14.8. The fourth-order valence-corrected chi connectivity index (χ4v) is 2.32. The number of fused-ring (bicyclic) bond motifs is 1. The average molecular weight is 275 g/mol. The first kappa shape index (κ1) is 15.0. The molecule has 0 aliphatic carbocycles. The van der Waals surface area contributed by atoms with Crippen molar-refractivity contribution in [2.45, 2.75) is 46.3 Å². The first-order valence-electron chi connectivity index (χ1n) is 7.29. The molecular formula is C16H25N3O. The second kappa shape index (κ2) is 5.94. The van der Waals surface area contributed by atoms with Crippen LogP contribution in [0.1, 0.15) is 38.4 Å². The van der Waals surface area contributed by atoms with Crippen LogP contribution in [0.2, 0.25) is 0 Å². The van der Waals surface area contributed by atoms with Crippen molar-refractivity contribution in [1.29, 1.82) is 0 Å². The molecule has 20 heavy (non-hydrogen) atoms. The lowest BCUT2D eigenvalue weighted by Crippen LogP contribution is -2.42. The third kappa shape index (κ3) is 3.19. The van der Waals surface area contributed by atoms with Crippen molar-refractivity contribution >= 4 is 5.65 Å². The van der Waals surface area contributed by atoms with Gasteiger partial charge in [0.1, 0.15) is 5.65 Å². The van der Waals surface area contributed by atoms with Crippen molar-refractivity contribution in [3.05, 3.63) is 35.8 Å². The van der Waals surface area contributed by atoms with Crippen LogP contribution in [0.4, 0.5) is 0 Å². The van der Waals surface area contributed by atoms with Crippen LogP contribution in [0, 0.1) is 12.8 Å². The summed E-state index contributed by atoms with van der Waals surface area (Å²) in [5, 5.41) is 13.7. The number of aromatic nitrogens is 2. The van der Waals surface area contributed by atoms with Crippen LogP contribution >= 0.6 is 0 Å². The van der Waals surface area contributed by atoms with Gasteiger partial charge in [0.25, 0.3) is 0 Å². The summed E-state index contributed by atoms with van der Waals surface area (Å²) in [6, 6.07) is 4.15. The summed E-state index contributed by atoms with van der Waals surface area (Å²) in [6.07, 6.45) is 4.91. The highest BCUT2D eigenvalue weighted by molar-refractivity contribution is 5.42. The molecule has 110 valence electrons. The molecule has 0 aromatic carbocycles. The second-order valence-corrected chi connectivity index (χ2v) is 5.95. The summed E-state index contributed by atoms with van der Waals surface area (Å²) in [5.41, 5.74) is 2.61. The molecule has 2 unspecified atom stereocenters. The summed E-state index contributed by atoms with van der Waals surface area (Å²) < 4.78 is 2.08. The number of hydrogen-bond donors (Lipinski definition) is 2. The maximum Gasteiger partial charge on any atom is 0.137 e. The molecule has 2 rings (SSSR count). The predicted octanol–water partition coefficient (Wildman–Crippen LogP) is 2.53. The molecule has 0 aliphatic rings. The normalized spacial score (nSPS) is 16.2. The fourth-order valence-electron chi connectivity index (χ4n) is 2.32. The Hall–Kier alpha value is -1.39. The lowest BCUT2D eigenvalue weighted by molar-refractivity contribution is 0.00528. The Labute approximate surface area is 120 Å². The Bertz CT molecular complexity index is 574. The molecule has 0 fully saturated rings. The van der Waals surface area contributed by atoms with Gasteiger partial charge in [0.15, 0.2) is 0 Å². The van der Waals surface area contributed by atoms with Crippen LogP contribution in [-0.4, -0.2) is 26.6 Å². The monoisotopic (exact) mass is 275 g/mol. The van der Waals surface area contributed by atoms with Gasteiger partial charge in [0.05, 0.1) is 17.5 Å². The highest BCUT2D eigenvalue weighted by Gasteiger charge is 2.26. The van der Waals surface area contributed by atoms with E-state index in [-0.39, 0.29) is 5.92 Å². The lowest BCUT2D eigenvalue weighted by atomic mass is 9.89. The molecule has 0 bridgehead atoms. The van der Waals surface area contributed by atoms with Gasteiger partial charge in [-0.15, -0.1) is 0 Å². The van der Waals surface area contributed by atoms with E-state index in [2.05, 4.69) is 47.6 Å². The summed E-state index contributed by atoms with van der Waals surface area (Å²) in [5.74, 6) is 0.278. The molecule has 2 aromatic rings. The maximum atomic E-state index is 10.4. The molecule has 0 amide bonds. The number of aryl methyl sites for hydroxylation is 1. The molecule has 4 heteroatoms. The summed E-state index contributed by atoms with van der Waals surface area (Å²) >= 11 is 0. The minimum Gasteiger partial charge on any atom is -0.389 e. The van der Waals surface area contributed by atoms with Crippen molar-refractivity contribution in [2.24, 2.45) is 5.92 Å². The number of nitrogens with zero attached hydrogens (tertiary/aromatic N) is 2. The number of nitrogens with one attached hydrogen (secondary N) is 1. The number of aliphatic hydroxyl groups is 1. The number of pyridine rings is 1. The molecule has 0 aliphatic heterocycles. The quantitative estimate of drug-likeness (QED) is 0.851. The van der Waals surface area contributed by atoms with Crippen molar-refractivity contribution < 1.29 is 5.11 Å². The third-order valence-corrected chi connectivity index (χ3v) is 4.21. The van der Waals surface area contributed by atoms with Gasteiger partial charge in [-0.3, -0.25) is 0 Å². The standard InChI is InChI=1S/C16H25N3O/c1-5-13(3)16(4,20)11-17-9-14-10-18-15-8-12(2)6-7-19(14)15/h6-8,10,13,17,20H,5,9,11H2,1-4H3. The van der Waals surface area contributed by atoms with Gasteiger partial charge >= 0.3 is 0 Å². The molecule has 2 atom stereocenters. The van der Waals surface area contributed by atoms with Crippen LogP contribution in [-0.2, 0) is 6.54 Å². The minimum absolute atomic E-state index is 0.278. The van der Waals surface area contributed by atoms with Crippen molar-refractivity contribution in [3.63, 3.8) is 0 Å². The SMILES string of the molecule is CCC(C)C(C)(O)CNCc1cnc2cc(C)ccn12. The van der Waals surface area contributed by atoms with Gasteiger partial charge in [-0.25, -0.2) is 4.98 Å². The summed E-state index contributed by atoms with van der Waals surface area (Å²) in [4.78, 5) is 4.41. The molecule has 4 nitrogen and oxygen atoms in total. The number of rotatable bonds is 6. The summed E-state index contributed by atoms with van der Waals surface area (Å²) in [6.45, 7) is 9.44. The Morgan fingerprint density at radius 2 is 2.25 bits per heavy atom. The van der Waals surface area contributed by atoms with Crippen molar-refractivity contribution in [2.75, 3.05) is 6.54 Å². The van der Waals surface area contributed by atoms with E-state index < -0.39 is 5.60 Å². The van der Waals surface area contributed by atoms with Crippen molar-refractivity contribution in [1.82, 2.24) is 14.7 Å². The second-order valence-electron chi connectivity index (χ2n) is 5.95. The van der Waals surface area contributed by atoms with E-state index in [4.69, 9.17) is 0 Å². The van der Waals surface area contributed by atoms with Crippen LogP contribution < -0.4 is 5.32 Å². The van der Waals surface area contributed by atoms with Crippen molar-refractivity contribution in [3.8, 4) is 0 Å². The Morgan fingerprint density at radius 1 is 1.50 bits per heavy atom. The van der Waals surface area contributed by atoms with Crippen LogP contribution in [0.15, 0.2) is 24.5 Å². The van der Waals surface area contributed by atoms with E-state index >= 15 is 0 Å². The van der Waals surface area contributed by atoms with E-state index in [0.29, 0.717) is 13.1 Å². The van der Waals surface area contributed by atoms with Gasteiger partial charge in [-0.05, 0) is 37.5 Å². The van der Waals surface area contributed by atoms with E-state index in [1.165, 1.54) is 5.56 Å². The molecule has 2 aromatic heterocycles. The van der Waals surface area contributed by atoms with Crippen LogP contribution in [0.25, 0.3) is 5.65 Å². The molecule has 2 heterocycles. The Morgan fingerprint density at radius 3 is 2.95 bits per heavy atom. The molecular weight excluding hydrogens is 250 g/mol. The highest BCUT2D eigenvalue weighted by atomic mass is 16.3. The van der Waals surface area contributed by atoms with E-state index in [1.54, 1.807) is 0 Å². The Kier molecular flexibility index (Phi) is 4.45. The van der Waals surface area contributed by atoms with Gasteiger partial charge < -0.3 is 14.8 Å². The van der Waals surface area contributed by atoms with Gasteiger partial charge in [0, 0.05) is 19.3 Å². The predicted molar refractivity (Wildman–Crippen MR) is 81.7 cm³/mol. The topological polar surface area (TPSA) is 49.6 Å². The number of hydrogen-bond acceptors (Lipinski definition) is 3. The van der Waals surface area contributed by atoms with E-state index in [1.807, 2.05) is 19.3 Å². The zero-order valence-corrected chi connectivity index (χ0v) is 12.8. The molecule has 2 N–H and O–H groups in total. The Balaban J connectivity index is 2.00.